The van der Waals surface area contributed by atoms with Crippen LogP contribution in [0.5, 0.6) is 23.0 Å². The van der Waals surface area contributed by atoms with Crippen LogP contribution >= 0.6 is 0 Å². The van der Waals surface area contributed by atoms with Crippen LogP contribution in [0.15, 0.2) is 60.7 Å². The zero-order valence-corrected chi connectivity index (χ0v) is 21.9. The van der Waals surface area contributed by atoms with Crippen molar-refractivity contribution < 1.29 is 18.9 Å². The zero-order valence-electron chi connectivity index (χ0n) is 21.9. The van der Waals surface area contributed by atoms with Gasteiger partial charge < -0.3 is 23.5 Å². The lowest BCUT2D eigenvalue weighted by Crippen LogP contribution is -2.05. The average Bonchev–Trinajstić information content (AvgIpc) is 3.30. The normalized spacial score (nSPS) is 11.9. The quantitative estimate of drug-likeness (QED) is 0.199. The van der Waals surface area contributed by atoms with Crippen molar-refractivity contribution in [3.8, 4) is 34.4 Å². The van der Waals surface area contributed by atoms with Crippen LogP contribution in [0.25, 0.3) is 22.4 Å². The molecule has 0 saturated carbocycles. The van der Waals surface area contributed by atoms with E-state index in [4.69, 9.17) is 23.9 Å². The Bertz CT molecular complexity index is 1260. The van der Waals surface area contributed by atoms with Gasteiger partial charge in [-0.25, -0.2) is 4.98 Å². The van der Waals surface area contributed by atoms with Gasteiger partial charge in [0.1, 0.15) is 11.6 Å². The van der Waals surface area contributed by atoms with Gasteiger partial charge in [0.2, 0.25) is 5.75 Å². The Labute approximate surface area is 213 Å². The van der Waals surface area contributed by atoms with Crippen molar-refractivity contribution in [3.63, 3.8) is 0 Å². The Morgan fingerprint density at radius 3 is 2.19 bits per heavy atom. The van der Waals surface area contributed by atoms with E-state index in [1.165, 1.54) is 5.56 Å². The highest BCUT2D eigenvalue weighted by Crippen LogP contribution is 2.41. The van der Waals surface area contributed by atoms with Crippen molar-refractivity contribution in [2.45, 2.75) is 45.6 Å². The van der Waals surface area contributed by atoms with E-state index in [0.29, 0.717) is 29.8 Å². The fourth-order valence-corrected chi connectivity index (χ4v) is 4.42. The molecule has 0 aliphatic rings. The lowest BCUT2D eigenvalue weighted by molar-refractivity contribution is 0.303. The van der Waals surface area contributed by atoms with E-state index in [2.05, 4.69) is 48.7 Å². The zero-order chi connectivity index (χ0) is 25.5. The number of aromatic nitrogens is 2. The van der Waals surface area contributed by atoms with Gasteiger partial charge in [0.15, 0.2) is 11.5 Å². The summed E-state index contributed by atoms with van der Waals surface area (Å²) in [6.07, 6.45) is 3.04. The minimum Gasteiger partial charge on any atom is -0.494 e. The summed E-state index contributed by atoms with van der Waals surface area (Å²) in [6.45, 7) is 5.96. The molecule has 3 aromatic carbocycles. The minimum atomic E-state index is 0.570. The molecule has 0 fully saturated rings. The van der Waals surface area contributed by atoms with E-state index in [1.807, 2.05) is 30.3 Å². The monoisotopic (exact) mass is 488 g/mol. The van der Waals surface area contributed by atoms with Gasteiger partial charge in [-0.1, -0.05) is 38.1 Å². The Hall–Kier alpha value is -3.67. The summed E-state index contributed by atoms with van der Waals surface area (Å²) in [6, 6.07) is 20.6. The number of nitrogens with zero attached hydrogens (tertiary/aromatic N) is 2. The molecular weight excluding hydrogens is 452 g/mol. The molecule has 1 aromatic heterocycles. The number of fused-ring (bicyclic) bond motifs is 1. The molecule has 0 aliphatic carbocycles. The number of methoxy groups -OCH3 is 3. The molecule has 6 nitrogen and oxygen atoms in total. The average molecular weight is 489 g/mol. The number of unbranched alkanes of at least 4 members (excludes halogenated alkanes) is 1. The first-order valence-electron chi connectivity index (χ1n) is 12.6. The smallest absolute Gasteiger partial charge is 0.203 e. The second-order valence-electron chi connectivity index (χ2n) is 8.92. The van der Waals surface area contributed by atoms with Crippen LogP contribution in [-0.4, -0.2) is 37.5 Å². The molecule has 0 saturated heterocycles. The Kier molecular flexibility index (Phi) is 8.36. The molecule has 190 valence electrons. The number of ether oxygens (including phenoxy) is 4. The first-order chi connectivity index (χ1) is 17.6. The maximum absolute atomic E-state index is 6.01. The Morgan fingerprint density at radius 1 is 0.861 bits per heavy atom. The third-order valence-corrected chi connectivity index (χ3v) is 6.68. The van der Waals surface area contributed by atoms with Crippen LogP contribution in [0, 0.1) is 0 Å². The predicted molar refractivity (Wildman–Crippen MR) is 145 cm³/mol. The summed E-state index contributed by atoms with van der Waals surface area (Å²) >= 11 is 0. The molecule has 0 spiro atoms. The van der Waals surface area contributed by atoms with Crippen molar-refractivity contribution in [3.05, 3.63) is 66.2 Å². The summed E-state index contributed by atoms with van der Waals surface area (Å²) in [5, 5.41) is 0. The molecule has 0 N–H and O–H groups in total. The maximum Gasteiger partial charge on any atom is 0.203 e. The molecular formula is C30H36N2O4. The van der Waals surface area contributed by atoms with Crippen molar-refractivity contribution >= 4 is 11.0 Å². The lowest BCUT2D eigenvalue weighted by Gasteiger charge is -2.15. The summed E-state index contributed by atoms with van der Waals surface area (Å²) in [7, 11) is 4.86. The largest absolute Gasteiger partial charge is 0.494 e. The number of hydrogen-bond acceptors (Lipinski definition) is 5. The van der Waals surface area contributed by atoms with E-state index >= 15 is 0 Å². The van der Waals surface area contributed by atoms with Crippen LogP contribution in [0.4, 0.5) is 0 Å². The van der Waals surface area contributed by atoms with Crippen LogP contribution < -0.4 is 18.9 Å². The van der Waals surface area contributed by atoms with Gasteiger partial charge in [-0.2, -0.15) is 0 Å². The van der Waals surface area contributed by atoms with Crippen molar-refractivity contribution in [1.82, 2.24) is 9.55 Å². The second kappa shape index (κ2) is 11.8. The van der Waals surface area contributed by atoms with Gasteiger partial charge in [-0.15, -0.1) is 0 Å². The van der Waals surface area contributed by atoms with Gasteiger partial charge in [0.05, 0.1) is 39.0 Å². The molecule has 0 amide bonds. The van der Waals surface area contributed by atoms with Gasteiger partial charge in [0, 0.05) is 12.1 Å². The van der Waals surface area contributed by atoms with Gasteiger partial charge in [-0.3, -0.25) is 0 Å². The highest BCUT2D eigenvalue weighted by atomic mass is 16.5. The summed E-state index contributed by atoms with van der Waals surface area (Å²) in [5.41, 5.74) is 4.33. The summed E-state index contributed by atoms with van der Waals surface area (Å²) in [4.78, 5) is 4.94. The summed E-state index contributed by atoms with van der Waals surface area (Å²) in [5.74, 6) is 4.16. The maximum atomic E-state index is 6.01. The van der Waals surface area contributed by atoms with E-state index in [0.717, 1.165) is 54.0 Å². The van der Waals surface area contributed by atoms with Gasteiger partial charge in [-0.05, 0) is 67.1 Å². The first-order valence-corrected chi connectivity index (χ1v) is 12.6. The van der Waals surface area contributed by atoms with E-state index in [9.17, 15) is 0 Å². The number of aryl methyl sites for hydroxylation is 1. The standard InChI is InChI=1S/C30H36N2O4/c1-6-21(2)22-13-15-24(16-14-22)36-18-10-9-17-32-26-12-8-7-11-25(26)31-30(32)23-19-27(33-3)29(35-5)28(20-23)34-4/h7-8,11-16,19-21H,6,9-10,17-18H2,1-5H3. The molecule has 36 heavy (non-hydrogen) atoms. The number of imidazole rings is 1. The van der Waals surface area contributed by atoms with E-state index in [1.54, 1.807) is 21.3 Å². The molecule has 0 radical (unpaired) electrons. The number of rotatable bonds is 12. The van der Waals surface area contributed by atoms with Crippen LogP contribution in [0.3, 0.4) is 0 Å². The molecule has 1 unspecified atom stereocenters. The molecule has 0 aliphatic heterocycles. The fourth-order valence-electron chi connectivity index (χ4n) is 4.42. The van der Waals surface area contributed by atoms with Crippen molar-refractivity contribution in [2.75, 3.05) is 27.9 Å². The third kappa shape index (κ3) is 5.43. The van der Waals surface area contributed by atoms with Crippen LogP contribution in [0.2, 0.25) is 0 Å². The highest BCUT2D eigenvalue weighted by Gasteiger charge is 2.18. The van der Waals surface area contributed by atoms with Gasteiger partial charge >= 0.3 is 0 Å². The summed E-state index contributed by atoms with van der Waals surface area (Å²) < 4.78 is 24.9. The molecule has 6 heteroatoms. The molecule has 0 bridgehead atoms. The Balaban J connectivity index is 1.49. The SMILES string of the molecule is CCC(C)c1ccc(OCCCCn2c(-c3cc(OC)c(OC)c(OC)c3)nc3ccccc32)cc1. The number of benzene rings is 3. The molecule has 4 aromatic rings. The minimum absolute atomic E-state index is 0.570. The van der Waals surface area contributed by atoms with Crippen molar-refractivity contribution in [1.29, 1.82) is 0 Å². The third-order valence-electron chi connectivity index (χ3n) is 6.68. The molecule has 1 heterocycles. The number of para-hydroxylation sites is 2. The van der Waals surface area contributed by atoms with Gasteiger partial charge in [0.25, 0.3) is 0 Å². The fraction of sp³-hybridized carbons (Fsp3) is 0.367. The lowest BCUT2D eigenvalue weighted by atomic mass is 9.99. The second-order valence-corrected chi connectivity index (χ2v) is 8.92. The Morgan fingerprint density at radius 2 is 1.56 bits per heavy atom. The predicted octanol–water partition coefficient (Wildman–Crippen LogP) is 7.10. The highest BCUT2D eigenvalue weighted by molar-refractivity contribution is 5.81. The molecule has 4 rings (SSSR count). The van der Waals surface area contributed by atoms with E-state index < -0.39 is 0 Å². The molecule has 1 atom stereocenters. The van der Waals surface area contributed by atoms with E-state index in [-0.39, 0.29) is 0 Å². The first kappa shape index (κ1) is 25.4. The number of hydrogen-bond donors (Lipinski definition) is 0. The topological polar surface area (TPSA) is 54.7 Å². The van der Waals surface area contributed by atoms with Crippen LogP contribution in [-0.2, 0) is 6.54 Å². The van der Waals surface area contributed by atoms with Crippen LogP contribution in [0.1, 0.15) is 44.6 Å². The van der Waals surface area contributed by atoms with Crippen molar-refractivity contribution in [2.24, 2.45) is 0 Å².